The normalized spacial score (nSPS) is 15.5. The zero-order valence-corrected chi connectivity index (χ0v) is 15.0. The number of methoxy groups -OCH3 is 1. The van der Waals surface area contributed by atoms with Crippen molar-refractivity contribution in [3.8, 4) is 5.75 Å². The van der Waals surface area contributed by atoms with Gasteiger partial charge in [-0.25, -0.2) is 0 Å². The van der Waals surface area contributed by atoms with Crippen LogP contribution in [0.3, 0.4) is 0 Å². The van der Waals surface area contributed by atoms with Gasteiger partial charge in [-0.05, 0) is 41.8 Å². The molecule has 0 spiro atoms. The van der Waals surface area contributed by atoms with Gasteiger partial charge in [0.2, 0.25) is 0 Å². The highest BCUT2D eigenvalue weighted by Crippen LogP contribution is 3.02. The van der Waals surface area contributed by atoms with Crippen molar-refractivity contribution in [2.45, 2.75) is 23.9 Å². The van der Waals surface area contributed by atoms with Crippen molar-refractivity contribution in [1.82, 2.24) is 5.32 Å². The van der Waals surface area contributed by atoms with Crippen LogP contribution >= 0.6 is 10.2 Å². The molecule has 0 aliphatic rings. The van der Waals surface area contributed by atoms with Crippen LogP contribution in [-0.4, -0.2) is 24.2 Å². The SMILES string of the molecule is COC(=O)[C@H](Cc1ccc(O)cc1)NCc1ccc(S(F)(F)(F)(F)F)cc1. The Kier molecular flexibility index (Phi) is 5.19. The molecular weight excluding hydrogens is 393 g/mol. The zero-order valence-electron chi connectivity index (χ0n) is 14.2. The summed E-state index contributed by atoms with van der Waals surface area (Å²) in [4.78, 5) is 9.93. The van der Waals surface area contributed by atoms with E-state index in [1.165, 1.54) is 19.2 Å². The predicted octanol–water partition coefficient (Wildman–Crippen LogP) is 4.92. The number of halogens is 5. The molecule has 27 heavy (non-hydrogen) atoms. The summed E-state index contributed by atoms with van der Waals surface area (Å²) >= 11 is 0. The molecule has 4 nitrogen and oxygen atoms in total. The Morgan fingerprint density at radius 1 is 1.00 bits per heavy atom. The lowest BCUT2D eigenvalue weighted by atomic mass is 10.1. The van der Waals surface area contributed by atoms with Crippen molar-refractivity contribution in [3.05, 3.63) is 59.7 Å². The van der Waals surface area contributed by atoms with Crippen LogP contribution in [0.25, 0.3) is 0 Å². The van der Waals surface area contributed by atoms with E-state index in [1.807, 2.05) is 0 Å². The van der Waals surface area contributed by atoms with Gasteiger partial charge in [-0.3, -0.25) is 4.79 Å². The molecule has 0 amide bonds. The Morgan fingerprint density at radius 2 is 1.52 bits per heavy atom. The number of rotatable bonds is 7. The quantitative estimate of drug-likeness (QED) is 0.501. The van der Waals surface area contributed by atoms with Crippen LogP contribution in [0.1, 0.15) is 11.1 Å². The first-order valence-electron chi connectivity index (χ1n) is 7.70. The molecule has 2 aromatic carbocycles. The van der Waals surface area contributed by atoms with Gasteiger partial charge in [-0.15, -0.1) is 0 Å². The Balaban J connectivity index is 2.09. The van der Waals surface area contributed by atoms with Crippen molar-refractivity contribution in [1.29, 1.82) is 0 Å². The van der Waals surface area contributed by atoms with Crippen molar-refractivity contribution in [2.24, 2.45) is 0 Å². The summed E-state index contributed by atoms with van der Waals surface area (Å²) in [6.45, 7) is -0.0293. The number of carbonyl (C=O) groups is 1. The molecule has 10 heteroatoms. The lowest BCUT2D eigenvalue weighted by Gasteiger charge is -2.40. The third-order valence-corrected chi connectivity index (χ3v) is 4.95. The van der Waals surface area contributed by atoms with E-state index in [0.29, 0.717) is 23.3 Å². The van der Waals surface area contributed by atoms with Crippen LogP contribution in [0, 0.1) is 0 Å². The van der Waals surface area contributed by atoms with Gasteiger partial charge in [0.25, 0.3) is 0 Å². The summed E-state index contributed by atoms with van der Waals surface area (Å²) in [5, 5.41) is 12.1. The number of carbonyl (C=O) groups excluding carboxylic acids is 1. The lowest BCUT2D eigenvalue weighted by Crippen LogP contribution is -2.39. The highest BCUT2D eigenvalue weighted by atomic mass is 32.5. The first-order valence-corrected chi connectivity index (χ1v) is 9.66. The van der Waals surface area contributed by atoms with E-state index in [2.05, 4.69) is 5.32 Å². The molecule has 0 saturated carbocycles. The van der Waals surface area contributed by atoms with E-state index in [1.54, 1.807) is 12.1 Å². The second-order valence-corrected chi connectivity index (χ2v) is 8.35. The number of nitrogens with one attached hydrogen (secondary N) is 1. The second-order valence-electron chi connectivity index (χ2n) is 5.94. The fraction of sp³-hybridized carbons (Fsp3) is 0.235. The molecule has 0 unspecified atom stereocenters. The number of hydrogen-bond donors (Lipinski definition) is 2. The Morgan fingerprint density at radius 3 is 2.00 bits per heavy atom. The third kappa shape index (κ3) is 6.10. The van der Waals surface area contributed by atoms with E-state index in [9.17, 15) is 29.3 Å². The van der Waals surface area contributed by atoms with Gasteiger partial charge in [-0.1, -0.05) is 43.7 Å². The van der Waals surface area contributed by atoms with Crippen molar-refractivity contribution in [3.63, 3.8) is 0 Å². The van der Waals surface area contributed by atoms with E-state index in [4.69, 9.17) is 4.74 Å². The van der Waals surface area contributed by atoms with Gasteiger partial charge < -0.3 is 15.2 Å². The molecule has 2 rings (SSSR count). The summed E-state index contributed by atoms with van der Waals surface area (Å²) in [7, 11) is -8.51. The minimum Gasteiger partial charge on any atom is -0.508 e. The van der Waals surface area contributed by atoms with Crippen LogP contribution in [0.5, 0.6) is 5.75 Å². The summed E-state index contributed by atoms with van der Waals surface area (Å²) < 4.78 is 68.3. The number of ether oxygens (including phenoxy) is 1. The van der Waals surface area contributed by atoms with Crippen LogP contribution in [-0.2, 0) is 22.5 Å². The molecule has 1 atom stereocenters. The van der Waals surface area contributed by atoms with Gasteiger partial charge in [0, 0.05) is 6.54 Å². The van der Waals surface area contributed by atoms with Crippen LogP contribution < -0.4 is 5.32 Å². The number of phenols is 1. The topological polar surface area (TPSA) is 58.6 Å². The molecule has 0 aliphatic carbocycles. The third-order valence-electron chi connectivity index (χ3n) is 3.78. The van der Waals surface area contributed by atoms with Gasteiger partial charge in [0.15, 0.2) is 0 Å². The van der Waals surface area contributed by atoms with Gasteiger partial charge in [0.05, 0.1) is 7.11 Å². The molecule has 0 radical (unpaired) electrons. The molecule has 0 aliphatic heterocycles. The molecule has 2 N–H and O–H groups in total. The number of hydrogen-bond acceptors (Lipinski definition) is 4. The summed E-state index contributed by atoms with van der Waals surface area (Å²) in [5.41, 5.74) is 1.01. The van der Waals surface area contributed by atoms with Gasteiger partial charge in [-0.2, -0.15) is 0 Å². The van der Waals surface area contributed by atoms with Gasteiger partial charge in [0.1, 0.15) is 16.7 Å². The minimum atomic E-state index is -9.70. The summed E-state index contributed by atoms with van der Waals surface area (Å²) in [5.74, 6) is -0.530. The Bertz CT molecular complexity index is 808. The standard InChI is InChI=1S/C17H18F5NO3S/c1-26-17(25)16(10-12-2-6-14(24)7-3-12)23-11-13-4-8-15(9-5-13)27(18,19,20,21)22/h2-9,16,23-24H,10-11H2,1H3/t16-/m0/s1. The van der Waals surface area contributed by atoms with E-state index >= 15 is 0 Å². The molecule has 0 saturated heterocycles. The molecule has 150 valence electrons. The smallest absolute Gasteiger partial charge is 0.323 e. The molecule has 0 fully saturated rings. The maximum absolute atomic E-state index is 12.7. The monoisotopic (exact) mass is 411 g/mol. The number of phenolic OH excluding ortho intramolecular Hbond substituents is 1. The van der Waals surface area contributed by atoms with E-state index < -0.39 is 27.1 Å². The maximum atomic E-state index is 12.7. The predicted molar refractivity (Wildman–Crippen MR) is 92.3 cm³/mol. The van der Waals surface area contributed by atoms with Crippen molar-refractivity contribution in [2.75, 3.05) is 7.11 Å². The first kappa shape index (κ1) is 21.0. The zero-order chi connectivity index (χ0) is 20.4. The maximum Gasteiger partial charge on any atom is 0.323 e. The number of aromatic hydroxyl groups is 1. The molecule has 2 aromatic rings. The molecule has 0 heterocycles. The summed E-state index contributed by atoms with van der Waals surface area (Å²) in [6.07, 6.45) is 0.205. The van der Waals surface area contributed by atoms with Crippen LogP contribution in [0.4, 0.5) is 19.4 Å². The second kappa shape index (κ2) is 6.68. The van der Waals surface area contributed by atoms with E-state index in [0.717, 1.165) is 12.1 Å². The Labute approximate surface area is 152 Å². The van der Waals surface area contributed by atoms with Crippen molar-refractivity contribution < 1.29 is 34.1 Å². The van der Waals surface area contributed by atoms with Crippen molar-refractivity contribution >= 4 is 16.2 Å². The fourth-order valence-corrected chi connectivity index (χ4v) is 3.00. The van der Waals surface area contributed by atoms with Gasteiger partial charge >= 0.3 is 16.2 Å². The highest BCUT2D eigenvalue weighted by molar-refractivity contribution is 8.45. The lowest BCUT2D eigenvalue weighted by molar-refractivity contribution is -0.143. The average molecular weight is 411 g/mol. The largest absolute Gasteiger partial charge is 0.508 e. The Hall–Kier alpha value is -2.33. The molecular formula is C17H18F5NO3S. The highest BCUT2D eigenvalue weighted by Gasteiger charge is 2.65. The number of benzene rings is 2. The first-order chi connectivity index (χ1) is 12.3. The fourth-order valence-electron chi connectivity index (χ4n) is 2.35. The minimum absolute atomic E-state index is 0.0293. The number of esters is 1. The van der Waals surface area contributed by atoms with Crippen LogP contribution in [0.15, 0.2) is 53.4 Å². The molecule has 0 bridgehead atoms. The van der Waals surface area contributed by atoms with E-state index in [-0.39, 0.29) is 18.7 Å². The summed E-state index contributed by atoms with van der Waals surface area (Å²) in [6, 6.07) is 7.80. The molecule has 0 aromatic heterocycles. The average Bonchev–Trinajstić information content (AvgIpc) is 2.58. The van der Waals surface area contributed by atoms with Crippen LogP contribution in [0.2, 0.25) is 0 Å².